The van der Waals surface area contributed by atoms with Crippen LogP contribution >= 0.6 is 0 Å². The van der Waals surface area contributed by atoms with Crippen molar-refractivity contribution in [3.8, 4) is 5.75 Å². The molecule has 268 valence electrons. The first kappa shape index (κ1) is 38.3. The summed E-state index contributed by atoms with van der Waals surface area (Å²) in [7, 11) is 4.05. The zero-order valence-electron chi connectivity index (χ0n) is 29.0. The van der Waals surface area contributed by atoms with Crippen molar-refractivity contribution < 1.29 is 38.0 Å². The summed E-state index contributed by atoms with van der Waals surface area (Å²) >= 11 is 0. The Balaban J connectivity index is 1.16. The summed E-state index contributed by atoms with van der Waals surface area (Å²) < 4.78 is 40.6. The van der Waals surface area contributed by atoms with Crippen molar-refractivity contribution in [2.24, 2.45) is 5.73 Å². The molecule has 1 amide bonds. The molecular formula is C38H53N3O8. The summed E-state index contributed by atoms with van der Waals surface area (Å²) in [6.07, 6.45) is 0.973. The molecule has 4 rings (SSSR count). The normalized spacial score (nSPS) is 15.0. The molecule has 0 saturated carbocycles. The molecule has 3 N–H and O–H groups in total. The largest absolute Gasteiger partial charge is 0.464 e. The molecule has 49 heavy (non-hydrogen) atoms. The molecule has 1 atom stereocenters. The molecule has 3 aromatic carbocycles. The summed E-state index contributed by atoms with van der Waals surface area (Å²) in [5, 5.41) is 2.93. The number of hydrogen-bond donors (Lipinski definition) is 2. The molecular weight excluding hydrogens is 626 g/mol. The Morgan fingerprint density at radius 3 is 1.82 bits per heavy atom. The third-order valence-electron chi connectivity index (χ3n) is 7.95. The van der Waals surface area contributed by atoms with Gasteiger partial charge in [0.2, 0.25) is 12.2 Å². The molecule has 1 heterocycles. The molecule has 11 nitrogen and oxygen atoms in total. The maximum Gasteiger partial charge on any atom is 0.220 e. The maximum atomic E-state index is 12.6. The second kappa shape index (κ2) is 21.5. The first-order chi connectivity index (χ1) is 24.0. The molecule has 0 fully saturated rings. The number of carbonyl (C=O) groups is 1. The zero-order chi connectivity index (χ0) is 34.6. The number of anilines is 1. The fraction of sp³-hybridized carbons (Fsp3) is 0.500. The van der Waals surface area contributed by atoms with Crippen LogP contribution in [0.3, 0.4) is 0 Å². The first-order valence-corrected chi connectivity index (χ1v) is 17.2. The summed E-state index contributed by atoms with van der Waals surface area (Å²) in [5.41, 5.74) is 8.52. The molecule has 0 bridgehead atoms. The van der Waals surface area contributed by atoms with Gasteiger partial charge in [-0.05, 0) is 35.7 Å². The van der Waals surface area contributed by atoms with Crippen molar-refractivity contribution in [3.05, 3.63) is 95.6 Å². The number of amides is 1. The van der Waals surface area contributed by atoms with E-state index in [0.29, 0.717) is 98.4 Å². The van der Waals surface area contributed by atoms with Crippen molar-refractivity contribution in [3.63, 3.8) is 0 Å². The lowest BCUT2D eigenvalue weighted by Gasteiger charge is -2.43. The minimum atomic E-state index is -0.876. The van der Waals surface area contributed by atoms with Gasteiger partial charge in [0.15, 0.2) is 5.60 Å². The van der Waals surface area contributed by atoms with Crippen LogP contribution in [0.4, 0.5) is 5.69 Å². The first-order valence-electron chi connectivity index (χ1n) is 17.2. The Morgan fingerprint density at radius 1 is 0.755 bits per heavy atom. The van der Waals surface area contributed by atoms with Crippen LogP contribution in [0.25, 0.3) is 0 Å². The smallest absolute Gasteiger partial charge is 0.220 e. The Bertz CT molecular complexity index is 1310. The number of benzene rings is 3. The van der Waals surface area contributed by atoms with Crippen LogP contribution in [0.1, 0.15) is 36.0 Å². The van der Waals surface area contributed by atoms with Gasteiger partial charge < -0.3 is 49.1 Å². The van der Waals surface area contributed by atoms with Crippen LogP contribution in [0, 0.1) is 0 Å². The number of fused-ring (bicyclic) bond motifs is 1. The van der Waals surface area contributed by atoms with E-state index in [-0.39, 0.29) is 5.91 Å². The molecule has 0 aromatic heterocycles. The molecule has 0 saturated heterocycles. The number of nitrogens with two attached hydrogens (primary N) is 1. The Hall–Kier alpha value is -3.55. The summed E-state index contributed by atoms with van der Waals surface area (Å²) in [6.45, 7) is 5.86. The van der Waals surface area contributed by atoms with Crippen molar-refractivity contribution in [1.29, 1.82) is 0 Å². The third kappa shape index (κ3) is 12.1. The van der Waals surface area contributed by atoms with Gasteiger partial charge in [0.25, 0.3) is 0 Å². The van der Waals surface area contributed by atoms with E-state index in [0.717, 1.165) is 28.1 Å². The number of ether oxygens (including phenoxy) is 7. The number of nitrogens with zero attached hydrogens (tertiary/aromatic N) is 1. The highest BCUT2D eigenvalue weighted by atomic mass is 16.7. The van der Waals surface area contributed by atoms with E-state index >= 15 is 0 Å². The standard InChI is InChI=1S/C38H53N3O8/c1-41(2)33-16-17-35-34(30-33)38(31-10-5-3-6-11-31,32-12-7-4-8-13-32)49-37(48-35)15-9-14-36(42)40-19-21-44-23-25-46-27-29-47-28-26-45-24-22-43-20-18-39/h3-8,10-13,16-17,30,37H,9,14-15,18-29,39H2,1-2H3,(H,40,42). The number of rotatable bonds is 24. The van der Waals surface area contributed by atoms with Gasteiger partial charge >= 0.3 is 0 Å². The van der Waals surface area contributed by atoms with E-state index in [2.05, 4.69) is 46.6 Å². The monoisotopic (exact) mass is 679 g/mol. The van der Waals surface area contributed by atoms with Gasteiger partial charge in [0.05, 0.1) is 66.1 Å². The summed E-state index contributed by atoms with van der Waals surface area (Å²) in [4.78, 5) is 14.7. The van der Waals surface area contributed by atoms with Gasteiger partial charge in [-0.1, -0.05) is 60.7 Å². The van der Waals surface area contributed by atoms with Crippen LogP contribution in [0.5, 0.6) is 5.75 Å². The van der Waals surface area contributed by atoms with Crippen molar-refractivity contribution >= 4 is 11.6 Å². The predicted molar refractivity (Wildman–Crippen MR) is 189 cm³/mol. The highest BCUT2D eigenvalue weighted by Crippen LogP contribution is 2.49. The average Bonchev–Trinajstić information content (AvgIpc) is 3.13. The second-order valence-electron chi connectivity index (χ2n) is 11.7. The molecule has 3 aromatic rings. The van der Waals surface area contributed by atoms with Crippen LogP contribution in [0.15, 0.2) is 78.9 Å². The fourth-order valence-electron chi connectivity index (χ4n) is 5.52. The van der Waals surface area contributed by atoms with Gasteiger partial charge in [-0.3, -0.25) is 4.79 Å². The Morgan fingerprint density at radius 2 is 1.29 bits per heavy atom. The molecule has 0 aliphatic carbocycles. The number of nitrogens with one attached hydrogen (secondary N) is 1. The zero-order valence-corrected chi connectivity index (χ0v) is 29.0. The Labute approximate surface area is 290 Å². The van der Waals surface area contributed by atoms with Crippen LogP contribution in [-0.4, -0.2) is 105 Å². The summed E-state index contributed by atoms with van der Waals surface area (Å²) in [5.74, 6) is 0.742. The van der Waals surface area contributed by atoms with E-state index in [1.165, 1.54) is 0 Å². The Kier molecular flexibility index (Phi) is 16.8. The average molecular weight is 680 g/mol. The highest BCUT2D eigenvalue weighted by Gasteiger charge is 2.46. The fourth-order valence-corrected chi connectivity index (χ4v) is 5.52. The topological polar surface area (TPSA) is 123 Å². The van der Waals surface area contributed by atoms with E-state index in [1.807, 2.05) is 56.6 Å². The van der Waals surface area contributed by atoms with Crippen molar-refractivity contribution in [2.75, 3.05) is 98.2 Å². The van der Waals surface area contributed by atoms with E-state index in [9.17, 15) is 4.79 Å². The predicted octanol–water partition coefficient (Wildman–Crippen LogP) is 4.11. The van der Waals surface area contributed by atoms with Gasteiger partial charge in [0.1, 0.15) is 5.75 Å². The molecule has 1 aliphatic heterocycles. The van der Waals surface area contributed by atoms with E-state index < -0.39 is 11.9 Å². The van der Waals surface area contributed by atoms with Crippen molar-refractivity contribution in [1.82, 2.24) is 5.32 Å². The molecule has 1 unspecified atom stereocenters. The van der Waals surface area contributed by atoms with Gasteiger partial charge in [0, 0.05) is 51.3 Å². The molecule has 0 radical (unpaired) electrons. The van der Waals surface area contributed by atoms with Crippen LogP contribution in [-0.2, 0) is 38.8 Å². The van der Waals surface area contributed by atoms with Crippen LogP contribution in [0.2, 0.25) is 0 Å². The quantitative estimate of drug-likeness (QED) is 0.134. The SMILES string of the molecule is CN(C)c1ccc2c(c1)C(c1ccccc1)(c1ccccc1)OC(CCCC(=O)NCCOCCOCCOCCOCCOCCN)O2. The lowest BCUT2D eigenvalue weighted by Crippen LogP contribution is -2.43. The minimum Gasteiger partial charge on any atom is -0.464 e. The highest BCUT2D eigenvalue weighted by molar-refractivity contribution is 5.75. The maximum absolute atomic E-state index is 12.6. The van der Waals surface area contributed by atoms with Crippen LogP contribution < -0.4 is 20.7 Å². The second-order valence-corrected chi connectivity index (χ2v) is 11.7. The minimum absolute atomic E-state index is 0.0340. The van der Waals surface area contributed by atoms with Gasteiger partial charge in [-0.25, -0.2) is 0 Å². The number of hydrogen-bond acceptors (Lipinski definition) is 10. The van der Waals surface area contributed by atoms with E-state index in [1.54, 1.807) is 0 Å². The van der Waals surface area contributed by atoms with Gasteiger partial charge in [-0.15, -0.1) is 0 Å². The third-order valence-corrected chi connectivity index (χ3v) is 7.95. The lowest BCUT2D eigenvalue weighted by molar-refractivity contribution is -0.166. The number of carbonyl (C=O) groups excluding carboxylic acids is 1. The van der Waals surface area contributed by atoms with E-state index in [4.69, 9.17) is 38.9 Å². The van der Waals surface area contributed by atoms with Crippen molar-refractivity contribution in [2.45, 2.75) is 31.2 Å². The molecule has 1 aliphatic rings. The summed E-state index contributed by atoms with van der Waals surface area (Å²) in [6, 6.07) is 26.8. The van der Waals surface area contributed by atoms with Gasteiger partial charge in [-0.2, -0.15) is 0 Å². The molecule has 11 heteroatoms. The lowest BCUT2D eigenvalue weighted by atomic mass is 9.78. The molecule has 0 spiro atoms.